The van der Waals surface area contributed by atoms with Gasteiger partial charge in [0.15, 0.2) is 5.78 Å². The molecule has 0 aliphatic carbocycles. The number of hydrogen-bond acceptors (Lipinski definition) is 5. The molecule has 6 nitrogen and oxygen atoms in total. The highest BCUT2D eigenvalue weighted by molar-refractivity contribution is 6.07. The van der Waals surface area contributed by atoms with Crippen molar-refractivity contribution in [2.24, 2.45) is 0 Å². The summed E-state index contributed by atoms with van der Waals surface area (Å²) in [5, 5.41) is 10.7. The lowest BCUT2D eigenvalue weighted by molar-refractivity contribution is -0.384. The minimum Gasteiger partial charge on any atom is -0.423 e. The smallest absolute Gasteiger partial charge is 0.343 e. The summed E-state index contributed by atoms with van der Waals surface area (Å²) in [6, 6.07) is 29.2. The molecule has 0 bridgehead atoms. The molecule has 34 heavy (non-hydrogen) atoms. The lowest BCUT2D eigenvalue weighted by atomic mass is 10.0. The molecular weight excluding hydrogens is 430 g/mol. The maximum atomic E-state index is 12.5. The number of nitro benzene ring substituents is 1. The van der Waals surface area contributed by atoms with Gasteiger partial charge in [0, 0.05) is 17.7 Å². The number of ether oxygens (including phenoxy) is 1. The predicted octanol–water partition coefficient (Wildman–Crippen LogP) is 6.38. The fraction of sp³-hybridized carbons (Fsp3) is 0. The van der Waals surface area contributed by atoms with Crippen molar-refractivity contribution in [3.8, 4) is 16.9 Å². The Morgan fingerprint density at radius 3 is 1.91 bits per heavy atom. The van der Waals surface area contributed by atoms with Crippen LogP contribution in [-0.2, 0) is 0 Å². The normalized spacial score (nSPS) is 10.7. The first kappa shape index (κ1) is 22.4. The van der Waals surface area contributed by atoms with Gasteiger partial charge in [0.25, 0.3) is 5.69 Å². The second kappa shape index (κ2) is 10.2. The molecule has 0 saturated heterocycles. The first-order valence-electron chi connectivity index (χ1n) is 10.4. The highest BCUT2D eigenvalue weighted by atomic mass is 16.6. The summed E-state index contributed by atoms with van der Waals surface area (Å²) < 4.78 is 5.30. The zero-order valence-corrected chi connectivity index (χ0v) is 18.0. The number of nitrogens with zero attached hydrogens (tertiary/aromatic N) is 1. The number of non-ortho nitro benzene ring substituents is 1. The van der Waals surface area contributed by atoms with Crippen LogP contribution in [-0.4, -0.2) is 16.7 Å². The van der Waals surface area contributed by atoms with Crippen LogP contribution in [0.2, 0.25) is 0 Å². The fourth-order valence-electron chi connectivity index (χ4n) is 3.26. The average molecular weight is 449 g/mol. The summed E-state index contributed by atoms with van der Waals surface area (Å²) >= 11 is 0. The van der Waals surface area contributed by atoms with Gasteiger partial charge in [0.1, 0.15) is 5.75 Å². The SMILES string of the molecule is O=C(C=Cc1ccc(OC(=O)c2ccc([N+](=O)[O-])cc2)cc1)c1ccc(-c2ccccc2)cc1. The topological polar surface area (TPSA) is 86.5 Å². The minimum atomic E-state index is -0.618. The molecule has 0 heterocycles. The third kappa shape index (κ3) is 5.49. The van der Waals surface area contributed by atoms with Gasteiger partial charge in [-0.05, 0) is 47.0 Å². The van der Waals surface area contributed by atoms with E-state index in [1.54, 1.807) is 42.5 Å². The van der Waals surface area contributed by atoms with Crippen LogP contribution in [0.4, 0.5) is 5.69 Å². The van der Waals surface area contributed by atoms with Gasteiger partial charge in [-0.1, -0.05) is 72.8 Å². The van der Waals surface area contributed by atoms with Crippen LogP contribution in [0.5, 0.6) is 5.75 Å². The Bertz CT molecular complexity index is 1340. The Morgan fingerprint density at radius 2 is 1.29 bits per heavy atom. The predicted molar refractivity (Wildman–Crippen MR) is 130 cm³/mol. The second-order valence-electron chi connectivity index (χ2n) is 7.40. The Hall–Kier alpha value is -4.84. The van der Waals surface area contributed by atoms with Crippen molar-refractivity contribution >= 4 is 23.5 Å². The van der Waals surface area contributed by atoms with E-state index in [4.69, 9.17) is 4.74 Å². The number of carbonyl (C=O) groups excluding carboxylic acids is 2. The molecule has 0 N–H and O–H groups in total. The molecule has 0 aliphatic heterocycles. The molecule has 0 aliphatic rings. The van der Waals surface area contributed by atoms with E-state index in [0.29, 0.717) is 11.3 Å². The van der Waals surface area contributed by atoms with Gasteiger partial charge in [-0.3, -0.25) is 14.9 Å². The van der Waals surface area contributed by atoms with Crippen molar-refractivity contribution in [3.63, 3.8) is 0 Å². The van der Waals surface area contributed by atoms with Crippen LogP contribution in [0.25, 0.3) is 17.2 Å². The van der Waals surface area contributed by atoms with E-state index >= 15 is 0 Å². The lowest BCUT2D eigenvalue weighted by Crippen LogP contribution is -2.08. The van der Waals surface area contributed by atoms with Crippen LogP contribution < -0.4 is 4.74 Å². The van der Waals surface area contributed by atoms with E-state index in [1.807, 2.05) is 42.5 Å². The number of rotatable bonds is 7. The second-order valence-corrected chi connectivity index (χ2v) is 7.40. The van der Waals surface area contributed by atoms with Gasteiger partial charge in [-0.15, -0.1) is 0 Å². The number of allylic oxidation sites excluding steroid dienone is 1. The first-order valence-corrected chi connectivity index (χ1v) is 10.4. The molecule has 4 aromatic carbocycles. The number of nitro groups is 1. The Labute approximate surface area is 195 Å². The maximum absolute atomic E-state index is 12.5. The largest absolute Gasteiger partial charge is 0.423 e. The molecule has 4 aromatic rings. The number of ketones is 1. The zero-order chi connectivity index (χ0) is 23.9. The molecular formula is C28H19NO5. The number of esters is 1. The third-order valence-corrected chi connectivity index (χ3v) is 5.11. The van der Waals surface area contributed by atoms with E-state index in [-0.39, 0.29) is 17.0 Å². The standard InChI is InChI=1S/C28H19NO5/c30-27(23-11-9-22(10-12-23)21-4-2-1-3-5-21)19-8-20-6-17-26(18-7-20)34-28(31)24-13-15-25(16-14-24)29(32)33/h1-19H. The van der Waals surface area contributed by atoms with Gasteiger partial charge in [-0.25, -0.2) is 4.79 Å². The van der Waals surface area contributed by atoms with E-state index < -0.39 is 10.9 Å². The third-order valence-electron chi connectivity index (χ3n) is 5.11. The molecule has 0 unspecified atom stereocenters. The van der Waals surface area contributed by atoms with Crippen molar-refractivity contribution in [2.75, 3.05) is 0 Å². The van der Waals surface area contributed by atoms with Crippen molar-refractivity contribution in [1.82, 2.24) is 0 Å². The van der Waals surface area contributed by atoms with Crippen molar-refractivity contribution in [2.45, 2.75) is 0 Å². The molecule has 0 spiro atoms. The summed E-state index contributed by atoms with van der Waals surface area (Å²) in [5.41, 5.74) is 3.59. The summed E-state index contributed by atoms with van der Waals surface area (Å²) in [4.78, 5) is 34.9. The molecule has 0 saturated carbocycles. The van der Waals surface area contributed by atoms with E-state index in [0.717, 1.165) is 16.7 Å². The highest BCUT2D eigenvalue weighted by Crippen LogP contribution is 2.20. The molecule has 0 amide bonds. The van der Waals surface area contributed by atoms with Crippen LogP contribution in [0, 0.1) is 10.1 Å². The van der Waals surface area contributed by atoms with Crippen LogP contribution in [0.15, 0.2) is 109 Å². The number of benzene rings is 4. The van der Waals surface area contributed by atoms with Gasteiger partial charge in [0.2, 0.25) is 0 Å². The molecule has 6 heteroatoms. The number of hydrogen-bond donors (Lipinski definition) is 0. The summed E-state index contributed by atoms with van der Waals surface area (Å²) in [6.07, 6.45) is 3.19. The van der Waals surface area contributed by atoms with Gasteiger partial charge < -0.3 is 4.74 Å². The zero-order valence-electron chi connectivity index (χ0n) is 18.0. The van der Waals surface area contributed by atoms with Gasteiger partial charge in [0.05, 0.1) is 10.5 Å². The van der Waals surface area contributed by atoms with Crippen molar-refractivity contribution in [3.05, 3.63) is 136 Å². The number of carbonyl (C=O) groups is 2. The first-order chi connectivity index (χ1) is 16.5. The molecule has 0 radical (unpaired) electrons. The molecule has 0 fully saturated rings. The minimum absolute atomic E-state index is 0.102. The average Bonchev–Trinajstić information content (AvgIpc) is 2.88. The molecule has 0 atom stereocenters. The molecule has 4 rings (SSSR count). The highest BCUT2D eigenvalue weighted by Gasteiger charge is 2.11. The van der Waals surface area contributed by atoms with Gasteiger partial charge in [-0.2, -0.15) is 0 Å². The Morgan fingerprint density at radius 1 is 0.706 bits per heavy atom. The lowest BCUT2D eigenvalue weighted by Gasteiger charge is -2.05. The van der Waals surface area contributed by atoms with Crippen LogP contribution >= 0.6 is 0 Å². The van der Waals surface area contributed by atoms with E-state index in [2.05, 4.69) is 0 Å². The summed E-state index contributed by atoms with van der Waals surface area (Å²) in [7, 11) is 0. The van der Waals surface area contributed by atoms with Crippen molar-refractivity contribution in [1.29, 1.82) is 0 Å². The quantitative estimate of drug-likeness (QED) is 0.0816. The van der Waals surface area contributed by atoms with Crippen LogP contribution in [0.3, 0.4) is 0 Å². The molecule has 0 aromatic heterocycles. The van der Waals surface area contributed by atoms with Gasteiger partial charge >= 0.3 is 5.97 Å². The van der Waals surface area contributed by atoms with E-state index in [9.17, 15) is 19.7 Å². The fourth-order valence-corrected chi connectivity index (χ4v) is 3.26. The maximum Gasteiger partial charge on any atom is 0.343 e. The Balaban J connectivity index is 1.36. The summed E-state index contributed by atoms with van der Waals surface area (Å²) in [6.45, 7) is 0. The van der Waals surface area contributed by atoms with Crippen molar-refractivity contribution < 1.29 is 19.2 Å². The summed E-state index contributed by atoms with van der Waals surface area (Å²) in [5.74, 6) is -0.413. The van der Waals surface area contributed by atoms with E-state index in [1.165, 1.54) is 30.3 Å². The molecule has 166 valence electrons. The Kier molecular flexibility index (Phi) is 6.70. The monoisotopic (exact) mass is 449 g/mol. The van der Waals surface area contributed by atoms with Crippen LogP contribution in [0.1, 0.15) is 26.3 Å².